The normalized spacial score (nSPS) is 16.1. The van der Waals surface area contributed by atoms with Gasteiger partial charge in [0.05, 0.1) is 24.3 Å². The number of nitrogens with zero attached hydrogens (tertiary/aromatic N) is 2. The molecule has 0 unspecified atom stereocenters. The number of allylic oxidation sites excluding steroid dienone is 1. The summed E-state index contributed by atoms with van der Waals surface area (Å²) in [6, 6.07) is 15.7. The molecule has 3 rings (SSSR count). The van der Waals surface area contributed by atoms with Gasteiger partial charge in [-0.05, 0) is 36.3 Å². The fraction of sp³-hybridized carbons (Fsp3) is 0.238. The minimum atomic E-state index is -3.66. The smallest absolute Gasteiger partial charge is 0.271 e. The monoisotopic (exact) mass is 413 g/mol. The minimum Gasteiger partial charge on any atom is -0.379 e. The van der Waals surface area contributed by atoms with Crippen LogP contribution in [0.2, 0.25) is 0 Å². The second-order valence-corrected chi connectivity index (χ2v) is 8.48. The van der Waals surface area contributed by atoms with Crippen molar-refractivity contribution in [3.8, 4) is 0 Å². The van der Waals surface area contributed by atoms with Crippen molar-refractivity contribution >= 4 is 28.2 Å². The van der Waals surface area contributed by atoms with Gasteiger partial charge in [0.2, 0.25) is 10.0 Å². The second-order valence-electron chi connectivity index (χ2n) is 6.54. The average molecular weight is 413 g/mol. The Balaban J connectivity index is 1.67. The summed E-state index contributed by atoms with van der Waals surface area (Å²) in [5, 5.41) is 3.96. The van der Waals surface area contributed by atoms with Crippen LogP contribution in [0.25, 0.3) is 6.08 Å². The Bertz CT molecular complexity index is 1010. The molecule has 2 aromatic carbocycles. The maximum absolute atomic E-state index is 12.7. The highest BCUT2D eigenvalue weighted by Crippen LogP contribution is 2.18. The summed E-state index contributed by atoms with van der Waals surface area (Å²) in [7, 11) is -3.66. The molecule has 152 valence electrons. The Hall–Kier alpha value is -2.81. The van der Waals surface area contributed by atoms with E-state index < -0.39 is 15.9 Å². The highest BCUT2D eigenvalue weighted by Gasteiger charge is 2.26. The second kappa shape index (κ2) is 9.60. The molecule has 1 amide bonds. The summed E-state index contributed by atoms with van der Waals surface area (Å²) in [4.78, 5) is 12.4. The van der Waals surface area contributed by atoms with Crippen LogP contribution in [0.15, 0.2) is 70.2 Å². The van der Waals surface area contributed by atoms with Gasteiger partial charge in [-0.15, -0.1) is 0 Å². The van der Waals surface area contributed by atoms with E-state index in [-0.39, 0.29) is 10.5 Å². The largest absolute Gasteiger partial charge is 0.379 e. The molecule has 0 aliphatic carbocycles. The number of rotatable bonds is 6. The fourth-order valence-corrected chi connectivity index (χ4v) is 4.29. The van der Waals surface area contributed by atoms with Crippen molar-refractivity contribution in [3.05, 3.63) is 71.3 Å². The van der Waals surface area contributed by atoms with Crippen LogP contribution in [0.3, 0.4) is 0 Å². The average Bonchev–Trinajstić information content (AvgIpc) is 2.75. The van der Waals surface area contributed by atoms with Gasteiger partial charge >= 0.3 is 0 Å². The van der Waals surface area contributed by atoms with Gasteiger partial charge in [0.15, 0.2) is 0 Å². The summed E-state index contributed by atoms with van der Waals surface area (Å²) in [6.45, 7) is 3.21. The van der Waals surface area contributed by atoms with E-state index in [1.807, 2.05) is 43.3 Å². The molecule has 0 spiro atoms. The zero-order valence-electron chi connectivity index (χ0n) is 16.1. The van der Waals surface area contributed by atoms with Crippen molar-refractivity contribution in [1.29, 1.82) is 0 Å². The number of hydrogen-bond donors (Lipinski definition) is 1. The number of carbonyl (C=O) groups is 1. The summed E-state index contributed by atoms with van der Waals surface area (Å²) < 4.78 is 32.0. The van der Waals surface area contributed by atoms with Crippen LogP contribution in [0.1, 0.15) is 22.8 Å². The Morgan fingerprint density at radius 3 is 2.55 bits per heavy atom. The third-order valence-corrected chi connectivity index (χ3v) is 6.23. The predicted molar refractivity (Wildman–Crippen MR) is 112 cm³/mol. The van der Waals surface area contributed by atoms with Crippen molar-refractivity contribution in [3.63, 3.8) is 0 Å². The van der Waals surface area contributed by atoms with Gasteiger partial charge < -0.3 is 4.74 Å². The number of amides is 1. The topological polar surface area (TPSA) is 88.1 Å². The third-order valence-electron chi connectivity index (χ3n) is 4.33. The van der Waals surface area contributed by atoms with Crippen LogP contribution < -0.4 is 5.43 Å². The van der Waals surface area contributed by atoms with Crippen LogP contribution in [0.5, 0.6) is 0 Å². The van der Waals surface area contributed by atoms with Crippen LogP contribution in [0.4, 0.5) is 0 Å². The molecule has 0 saturated carbocycles. The summed E-state index contributed by atoms with van der Waals surface area (Å²) >= 11 is 0. The molecule has 1 aliphatic heterocycles. The summed E-state index contributed by atoms with van der Waals surface area (Å²) in [6.07, 6.45) is 3.48. The minimum absolute atomic E-state index is 0.0798. The first-order valence-corrected chi connectivity index (χ1v) is 10.7. The van der Waals surface area contributed by atoms with Crippen molar-refractivity contribution in [2.75, 3.05) is 26.3 Å². The number of ether oxygens (including phenoxy) is 1. The van der Waals surface area contributed by atoms with Gasteiger partial charge in [0, 0.05) is 18.7 Å². The molecule has 1 aliphatic rings. The van der Waals surface area contributed by atoms with Crippen LogP contribution in [0, 0.1) is 0 Å². The van der Waals surface area contributed by atoms with Gasteiger partial charge in [0.25, 0.3) is 5.91 Å². The SMILES string of the molecule is CC(C=NNC(=O)c1cccc(S(=O)(=O)N2CCOCC2)c1)=Cc1ccccc1. The van der Waals surface area contributed by atoms with Gasteiger partial charge in [-0.25, -0.2) is 13.8 Å². The molecule has 29 heavy (non-hydrogen) atoms. The quantitative estimate of drug-likeness (QED) is 0.582. The van der Waals surface area contributed by atoms with Gasteiger partial charge in [-0.1, -0.05) is 42.5 Å². The molecule has 1 heterocycles. The molecule has 0 bridgehead atoms. The molecule has 0 radical (unpaired) electrons. The molecule has 8 heteroatoms. The standard InChI is InChI=1S/C21H23N3O4S/c1-17(14-18-6-3-2-4-7-18)16-22-23-21(25)19-8-5-9-20(15-19)29(26,27)24-10-12-28-13-11-24/h2-9,14-16H,10-13H2,1H3,(H,23,25). The molecular weight excluding hydrogens is 390 g/mol. The molecule has 1 N–H and O–H groups in total. The molecule has 2 aromatic rings. The van der Waals surface area contributed by atoms with E-state index in [4.69, 9.17) is 4.74 Å². The van der Waals surface area contributed by atoms with E-state index in [0.717, 1.165) is 11.1 Å². The Kier molecular flexibility index (Phi) is 6.92. The highest BCUT2D eigenvalue weighted by atomic mass is 32.2. The summed E-state index contributed by atoms with van der Waals surface area (Å²) in [5.74, 6) is -0.479. The van der Waals surface area contributed by atoms with E-state index in [1.165, 1.54) is 16.4 Å². The van der Waals surface area contributed by atoms with E-state index >= 15 is 0 Å². The van der Waals surface area contributed by atoms with E-state index in [9.17, 15) is 13.2 Å². The highest BCUT2D eigenvalue weighted by molar-refractivity contribution is 7.89. The molecule has 0 atom stereocenters. The first-order chi connectivity index (χ1) is 14.0. The number of sulfonamides is 1. The molecule has 0 aromatic heterocycles. The number of carbonyl (C=O) groups excluding carboxylic acids is 1. The lowest BCUT2D eigenvalue weighted by molar-refractivity contribution is 0.0730. The van der Waals surface area contributed by atoms with E-state index in [0.29, 0.717) is 26.3 Å². The maximum atomic E-state index is 12.7. The number of hydrazone groups is 1. The Morgan fingerprint density at radius 2 is 1.83 bits per heavy atom. The van der Waals surface area contributed by atoms with Gasteiger partial charge in [-0.3, -0.25) is 4.79 Å². The number of morpholine rings is 1. The zero-order chi connectivity index (χ0) is 20.7. The third kappa shape index (κ3) is 5.60. The first-order valence-electron chi connectivity index (χ1n) is 9.21. The fourth-order valence-electron chi connectivity index (χ4n) is 2.84. The van der Waals surface area contributed by atoms with Crippen LogP contribution in [-0.2, 0) is 14.8 Å². The molecule has 7 nitrogen and oxygen atoms in total. The molecular formula is C21H23N3O4S. The Labute approximate surface area is 170 Å². The maximum Gasteiger partial charge on any atom is 0.271 e. The first kappa shape index (κ1) is 20.9. The van der Waals surface area contributed by atoms with Crippen molar-refractivity contribution < 1.29 is 17.9 Å². The lowest BCUT2D eigenvalue weighted by Gasteiger charge is -2.26. The van der Waals surface area contributed by atoms with Gasteiger partial charge in [-0.2, -0.15) is 9.41 Å². The van der Waals surface area contributed by atoms with E-state index in [1.54, 1.807) is 18.3 Å². The summed E-state index contributed by atoms with van der Waals surface area (Å²) in [5.41, 5.74) is 4.55. The number of nitrogens with one attached hydrogen (secondary N) is 1. The molecule has 1 saturated heterocycles. The molecule has 1 fully saturated rings. The van der Waals surface area contributed by atoms with Crippen molar-refractivity contribution in [2.45, 2.75) is 11.8 Å². The van der Waals surface area contributed by atoms with Gasteiger partial charge in [0.1, 0.15) is 0 Å². The number of benzene rings is 2. The van der Waals surface area contributed by atoms with E-state index in [2.05, 4.69) is 10.5 Å². The van der Waals surface area contributed by atoms with Crippen LogP contribution >= 0.6 is 0 Å². The zero-order valence-corrected chi connectivity index (χ0v) is 16.9. The predicted octanol–water partition coefficient (Wildman–Crippen LogP) is 2.53. The number of hydrogen-bond acceptors (Lipinski definition) is 5. The van der Waals surface area contributed by atoms with Crippen molar-refractivity contribution in [2.24, 2.45) is 5.10 Å². The van der Waals surface area contributed by atoms with Crippen molar-refractivity contribution in [1.82, 2.24) is 9.73 Å². The Morgan fingerprint density at radius 1 is 1.10 bits per heavy atom. The van der Waals surface area contributed by atoms with Crippen LogP contribution in [-0.4, -0.2) is 51.1 Å². The lowest BCUT2D eigenvalue weighted by atomic mass is 10.1. The lowest BCUT2D eigenvalue weighted by Crippen LogP contribution is -2.40.